The molecule has 4 rings (SSSR count). The fraction of sp³-hybridized carbons (Fsp3) is 0.455. The molecule has 4 atom stereocenters. The van der Waals surface area contributed by atoms with E-state index in [1.165, 1.54) is 5.57 Å². The molecule has 0 aromatic rings. The Labute approximate surface area is 72.1 Å². The maximum absolute atomic E-state index is 9.11. The van der Waals surface area contributed by atoms with Gasteiger partial charge in [-0.1, -0.05) is 30.4 Å². The Morgan fingerprint density at radius 3 is 2.50 bits per heavy atom. The average molecular weight is 160 g/mol. The topological polar surface area (TPSA) is 20.2 Å². The van der Waals surface area contributed by atoms with E-state index in [1.54, 1.807) is 0 Å². The minimum Gasteiger partial charge on any atom is -0.392 e. The third-order valence-corrected chi connectivity index (χ3v) is 3.42. The van der Waals surface area contributed by atoms with Gasteiger partial charge in [0.2, 0.25) is 0 Å². The summed E-state index contributed by atoms with van der Waals surface area (Å²) < 4.78 is 0. The summed E-state index contributed by atoms with van der Waals surface area (Å²) in [5, 5.41) is 9.11. The second-order valence-electron chi connectivity index (χ2n) is 3.93. The summed E-state index contributed by atoms with van der Waals surface area (Å²) in [5.74, 6) is 2.53. The van der Waals surface area contributed by atoms with Gasteiger partial charge in [0.1, 0.15) is 0 Å². The molecule has 12 heavy (non-hydrogen) atoms. The minimum absolute atomic E-state index is 0.239. The quantitative estimate of drug-likeness (QED) is 0.577. The average Bonchev–Trinajstić information content (AvgIpc) is 2.04. The van der Waals surface area contributed by atoms with Crippen LogP contribution in [0.2, 0.25) is 0 Å². The van der Waals surface area contributed by atoms with Gasteiger partial charge in [0, 0.05) is 11.8 Å². The Bertz CT molecular complexity index is 298. The van der Waals surface area contributed by atoms with Gasteiger partial charge in [-0.3, -0.25) is 0 Å². The van der Waals surface area contributed by atoms with Crippen LogP contribution in [0.15, 0.2) is 36.0 Å². The van der Waals surface area contributed by atoms with Gasteiger partial charge in [-0.15, -0.1) is 0 Å². The van der Waals surface area contributed by atoms with E-state index in [2.05, 4.69) is 30.4 Å². The van der Waals surface area contributed by atoms with Gasteiger partial charge in [0.25, 0.3) is 0 Å². The van der Waals surface area contributed by atoms with Crippen molar-refractivity contribution in [3.63, 3.8) is 0 Å². The highest BCUT2D eigenvalue weighted by molar-refractivity contribution is 5.37. The lowest BCUT2D eigenvalue weighted by molar-refractivity contribution is 0.242. The molecule has 62 valence electrons. The molecule has 0 amide bonds. The van der Waals surface area contributed by atoms with Crippen LogP contribution in [0.3, 0.4) is 0 Å². The van der Waals surface area contributed by atoms with Crippen LogP contribution in [-0.2, 0) is 0 Å². The van der Waals surface area contributed by atoms with E-state index in [0.717, 1.165) is 5.92 Å². The summed E-state index contributed by atoms with van der Waals surface area (Å²) in [6.45, 7) is 0.239. The molecule has 0 aromatic heterocycles. The summed E-state index contributed by atoms with van der Waals surface area (Å²) in [4.78, 5) is 0. The highest BCUT2D eigenvalue weighted by Crippen LogP contribution is 2.49. The Balaban J connectivity index is 2.03. The molecule has 2 bridgehead atoms. The Morgan fingerprint density at radius 1 is 1.08 bits per heavy atom. The van der Waals surface area contributed by atoms with Crippen molar-refractivity contribution >= 4 is 0 Å². The summed E-state index contributed by atoms with van der Waals surface area (Å²) in [7, 11) is 0. The Kier molecular flexibility index (Phi) is 1.17. The number of hydrogen-bond donors (Lipinski definition) is 1. The molecule has 0 fully saturated rings. The third-order valence-electron chi connectivity index (χ3n) is 3.42. The van der Waals surface area contributed by atoms with Gasteiger partial charge in [-0.05, 0) is 17.4 Å². The third kappa shape index (κ3) is 0.632. The van der Waals surface area contributed by atoms with Crippen molar-refractivity contribution in [2.45, 2.75) is 0 Å². The first kappa shape index (κ1) is 6.67. The zero-order valence-electron chi connectivity index (χ0n) is 6.85. The molecule has 0 spiro atoms. The number of hydrogen-bond acceptors (Lipinski definition) is 1. The predicted octanol–water partition coefficient (Wildman–Crippen LogP) is 1.52. The maximum Gasteiger partial charge on any atom is 0.0647 e. The molecular formula is C11H12O. The van der Waals surface area contributed by atoms with Crippen molar-refractivity contribution in [2.24, 2.45) is 23.7 Å². The lowest BCUT2D eigenvalue weighted by atomic mass is 9.58. The van der Waals surface area contributed by atoms with Crippen LogP contribution in [0, 0.1) is 23.7 Å². The van der Waals surface area contributed by atoms with Gasteiger partial charge in [-0.25, -0.2) is 0 Å². The first-order chi connectivity index (χ1) is 5.90. The number of rotatable bonds is 1. The Hall–Kier alpha value is -0.820. The van der Waals surface area contributed by atoms with Gasteiger partial charge in [0.05, 0.1) is 6.61 Å². The van der Waals surface area contributed by atoms with E-state index in [1.807, 2.05) is 0 Å². The fourth-order valence-electron chi connectivity index (χ4n) is 2.67. The highest BCUT2D eigenvalue weighted by atomic mass is 16.3. The van der Waals surface area contributed by atoms with Crippen molar-refractivity contribution in [1.82, 2.24) is 0 Å². The van der Waals surface area contributed by atoms with E-state index in [4.69, 9.17) is 5.11 Å². The van der Waals surface area contributed by atoms with Crippen molar-refractivity contribution in [1.29, 1.82) is 0 Å². The lowest BCUT2D eigenvalue weighted by Crippen LogP contribution is -2.39. The van der Waals surface area contributed by atoms with E-state index < -0.39 is 0 Å². The molecule has 4 aliphatic rings. The second-order valence-corrected chi connectivity index (χ2v) is 3.93. The number of aliphatic hydroxyl groups is 1. The molecular weight excluding hydrogens is 148 g/mol. The van der Waals surface area contributed by atoms with Crippen LogP contribution in [0.25, 0.3) is 0 Å². The first-order valence-electron chi connectivity index (χ1n) is 4.58. The van der Waals surface area contributed by atoms with Crippen LogP contribution < -0.4 is 0 Å². The number of aliphatic hydroxyl groups excluding tert-OH is 1. The van der Waals surface area contributed by atoms with Crippen molar-refractivity contribution in [3.05, 3.63) is 36.0 Å². The van der Waals surface area contributed by atoms with Gasteiger partial charge >= 0.3 is 0 Å². The Morgan fingerprint density at radius 2 is 1.92 bits per heavy atom. The standard InChI is InChI=1S/C11H12O/c12-6-8-5-7-1-2-10(8)11-4-3-9(7)11/h1-5,7,9-12H,6H2/t7-,9+,10-,11-/m0/s1. The highest BCUT2D eigenvalue weighted by Gasteiger charge is 2.42. The monoisotopic (exact) mass is 160 g/mol. The molecule has 0 radical (unpaired) electrons. The van der Waals surface area contributed by atoms with Crippen LogP contribution in [0.5, 0.6) is 0 Å². The van der Waals surface area contributed by atoms with Gasteiger partial charge < -0.3 is 5.11 Å². The summed E-state index contributed by atoms with van der Waals surface area (Å²) in [6, 6.07) is 0. The zero-order chi connectivity index (χ0) is 8.13. The maximum atomic E-state index is 9.11. The predicted molar refractivity (Wildman–Crippen MR) is 47.4 cm³/mol. The SMILES string of the molecule is OCC1=C[C@@H]2C=C[C@@H]1[C@H]1C=C[C@H]21. The smallest absolute Gasteiger partial charge is 0.0647 e. The van der Waals surface area contributed by atoms with Crippen LogP contribution >= 0.6 is 0 Å². The van der Waals surface area contributed by atoms with Gasteiger partial charge in [0.15, 0.2) is 0 Å². The summed E-state index contributed by atoms with van der Waals surface area (Å²) in [5.41, 5.74) is 1.23. The molecule has 1 N–H and O–H groups in total. The van der Waals surface area contributed by atoms with E-state index in [0.29, 0.717) is 17.8 Å². The molecule has 0 aromatic carbocycles. The fourth-order valence-corrected chi connectivity index (χ4v) is 2.67. The summed E-state index contributed by atoms with van der Waals surface area (Å²) >= 11 is 0. The van der Waals surface area contributed by atoms with Crippen LogP contribution in [0.1, 0.15) is 0 Å². The molecule has 1 heteroatoms. The second kappa shape index (κ2) is 2.11. The summed E-state index contributed by atoms with van der Waals surface area (Å²) in [6.07, 6.45) is 11.4. The van der Waals surface area contributed by atoms with Crippen molar-refractivity contribution in [3.8, 4) is 0 Å². The zero-order valence-corrected chi connectivity index (χ0v) is 6.85. The molecule has 0 saturated carbocycles. The molecule has 0 heterocycles. The molecule has 0 aliphatic heterocycles. The molecule has 0 saturated heterocycles. The van der Waals surface area contributed by atoms with Crippen LogP contribution in [-0.4, -0.2) is 11.7 Å². The molecule has 1 nitrogen and oxygen atoms in total. The van der Waals surface area contributed by atoms with Gasteiger partial charge in [-0.2, -0.15) is 0 Å². The van der Waals surface area contributed by atoms with E-state index in [-0.39, 0.29) is 6.61 Å². The van der Waals surface area contributed by atoms with Crippen molar-refractivity contribution < 1.29 is 5.11 Å². The number of allylic oxidation sites excluding steroid dienone is 5. The lowest BCUT2D eigenvalue weighted by Gasteiger charge is -2.46. The van der Waals surface area contributed by atoms with E-state index >= 15 is 0 Å². The van der Waals surface area contributed by atoms with Crippen molar-refractivity contribution in [2.75, 3.05) is 6.61 Å². The normalized spacial score (nSPS) is 46.9. The molecule has 0 unspecified atom stereocenters. The van der Waals surface area contributed by atoms with E-state index in [9.17, 15) is 0 Å². The minimum atomic E-state index is 0.239. The first-order valence-corrected chi connectivity index (χ1v) is 4.58. The van der Waals surface area contributed by atoms with Crippen LogP contribution in [0.4, 0.5) is 0 Å². The largest absolute Gasteiger partial charge is 0.392 e. The molecule has 4 aliphatic carbocycles.